The highest BCUT2D eigenvalue weighted by Gasteiger charge is 2.15. The predicted molar refractivity (Wildman–Crippen MR) is 129 cm³/mol. The number of nitrogens with zero attached hydrogens (tertiary/aromatic N) is 4. The lowest BCUT2D eigenvalue weighted by atomic mass is 10.1. The van der Waals surface area contributed by atoms with Crippen molar-refractivity contribution in [2.24, 2.45) is 4.36 Å². The Bertz CT molecular complexity index is 1430. The molecule has 1 N–H and O–H groups in total. The molecule has 4 aromatic rings. The minimum atomic E-state index is -2.31. The van der Waals surface area contributed by atoms with Crippen LogP contribution in [0.3, 0.4) is 0 Å². The van der Waals surface area contributed by atoms with Crippen LogP contribution in [0.1, 0.15) is 24.2 Å². The van der Waals surface area contributed by atoms with Crippen LogP contribution in [-0.2, 0) is 9.73 Å². The molecule has 0 saturated carbocycles. The molecule has 170 valence electrons. The Kier molecular flexibility index (Phi) is 6.24. The highest BCUT2D eigenvalue weighted by atomic mass is 32.2. The van der Waals surface area contributed by atoms with Gasteiger partial charge in [-0.2, -0.15) is 4.36 Å². The molecule has 0 aliphatic heterocycles. The van der Waals surface area contributed by atoms with Crippen molar-refractivity contribution in [2.75, 3.05) is 17.8 Å². The molecule has 33 heavy (non-hydrogen) atoms. The lowest BCUT2D eigenvalue weighted by Crippen LogP contribution is -2.06. The average Bonchev–Trinajstić information content (AvgIpc) is 2.75. The van der Waals surface area contributed by atoms with Crippen LogP contribution >= 0.6 is 0 Å². The first kappa shape index (κ1) is 22.6. The fourth-order valence-electron chi connectivity index (χ4n) is 3.47. The largest absolute Gasteiger partial charge is 0.484 e. The van der Waals surface area contributed by atoms with Gasteiger partial charge >= 0.3 is 0 Å². The van der Waals surface area contributed by atoms with E-state index in [9.17, 15) is 8.60 Å². The summed E-state index contributed by atoms with van der Waals surface area (Å²) in [4.78, 5) is 12.9. The minimum Gasteiger partial charge on any atom is -0.484 e. The highest BCUT2D eigenvalue weighted by Crippen LogP contribution is 2.35. The second-order valence-electron chi connectivity index (χ2n) is 7.96. The van der Waals surface area contributed by atoms with Crippen molar-refractivity contribution < 1.29 is 13.3 Å². The van der Waals surface area contributed by atoms with Crippen LogP contribution in [0.5, 0.6) is 5.75 Å². The molecular weight excluding hydrogens is 441 g/mol. The van der Waals surface area contributed by atoms with E-state index in [-0.39, 0.29) is 6.10 Å². The van der Waals surface area contributed by atoms with Gasteiger partial charge in [-0.15, -0.1) is 0 Å². The van der Waals surface area contributed by atoms with E-state index >= 15 is 0 Å². The number of hydrogen-bond donors (Lipinski definition) is 1. The Hall–Kier alpha value is -3.59. The molecule has 2 aromatic carbocycles. The number of aromatic nitrogens is 3. The van der Waals surface area contributed by atoms with E-state index in [4.69, 9.17) is 4.74 Å². The van der Waals surface area contributed by atoms with E-state index in [1.165, 1.54) is 18.5 Å². The third-order valence-electron chi connectivity index (χ3n) is 4.90. The maximum absolute atomic E-state index is 14.1. The van der Waals surface area contributed by atoms with Gasteiger partial charge in [-0.1, -0.05) is 6.07 Å². The number of ether oxygens (including phenoxy) is 1. The van der Waals surface area contributed by atoms with E-state index in [2.05, 4.69) is 24.6 Å². The summed E-state index contributed by atoms with van der Waals surface area (Å²) in [6, 6.07) is 11.6. The van der Waals surface area contributed by atoms with Crippen molar-refractivity contribution in [3.63, 3.8) is 0 Å². The average molecular weight is 466 g/mol. The zero-order chi connectivity index (χ0) is 23.6. The Labute approximate surface area is 192 Å². The van der Waals surface area contributed by atoms with Crippen molar-refractivity contribution in [3.8, 4) is 5.75 Å². The first-order valence-corrected chi connectivity index (χ1v) is 12.6. The van der Waals surface area contributed by atoms with Crippen LogP contribution in [0.15, 0.2) is 65.5 Å². The van der Waals surface area contributed by atoms with Gasteiger partial charge < -0.3 is 10.1 Å². The van der Waals surface area contributed by atoms with Crippen molar-refractivity contribution in [3.05, 3.63) is 78.1 Å². The van der Waals surface area contributed by atoms with Crippen LogP contribution in [0.2, 0.25) is 0 Å². The molecule has 0 spiro atoms. The fourth-order valence-corrected chi connectivity index (χ4v) is 4.09. The van der Waals surface area contributed by atoms with Crippen molar-refractivity contribution >= 4 is 37.8 Å². The summed E-state index contributed by atoms with van der Waals surface area (Å²) in [7, 11) is -2.31. The molecule has 0 amide bonds. The summed E-state index contributed by atoms with van der Waals surface area (Å²) in [6.07, 6.45) is 7.67. The monoisotopic (exact) mass is 465 g/mol. The lowest BCUT2D eigenvalue weighted by molar-refractivity contribution is 0.227. The third kappa shape index (κ3) is 5.43. The predicted octanol–water partition coefficient (Wildman–Crippen LogP) is 5.72. The second kappa shape index (κ2) is 9.11. The van der Waals surface area contributed by atoms with Gasteiger partial charge in [-0.25, -0.2) is 18.6 Å². The van der Waals surface area contributed by atoms with Gasteiger partial charge in [0.15, 0.2) is 0 Å². The van der Waals surface area contributed by atoms with Crippen molar-refractivity contribution in [2.45, 2.75) is 20.0 Å². The number of hydrogen-bond acceptors (Lipinski definition) is 7. The van der Waals surface area contributed by atoms with Crippen molar-refractivity contribution in [1.29, 1.82) is 0 Å². The SMILES string of the molecule is Cc1cc(N=S(C)(C)=O)cc2ncnc(Nc3ccc(F)cc3OC(C)c3cccnc3)c12. The van der Waals surface area contributed by atoms with Gasteiger partial charge in [0.05, 0.1) is 16.9 Å². The molecule has 0 aliphatic rings. The molecule has 0 radical (unpaired) electrons. The number of aryl methyl sites for hydroxylation is 1. The smallest absolute Gasteiger partial charge is 0.146 e. The van der Waals surface area contributed by atoms with E-state index < -0.39 is 15.5 Å². The lowest BCUT2D eigenvalue weighted by Gasteiger charge is -2.19. The number of fused-ring (bicyclic) bond motifs is 1. The molecule has 7 nitrogen and oxygen atoms in total. The van der Waals surface area contributed by atoms with Crippen LogP contribution in [0.25, 0.3) is 10.9 Å². The molecule has 1 atom stereocenters. The normalized spacial score (nSPS) is 12.4. The van der Waals surface area contributed by atoms with Crippen LogP contribution in [0.4, 0.5) is 21.6 Å². The first-order valence-electron chi connectivity index (χ1n) is 10.3. The molecule has 1 unspecified atom stereocenters. The van der Waals surface area contributed by atoms with E-state index in [0.29, 0.717) is 28.5 Å². The molecule has 2 heterocycles. The molecule has 9 heteroatoms. The van der Waals surface area contributed by atoms with E-state index in [1.54, 1.807) is 37.0 Å². The minimum absolute atomic E-state index is 0.341. The molecule has 0 fully saturated rings. The molecular formula is C24H24FN5O2S. The summed E-state index contributed by atoms with van der Waals surface area (Å²) in [5.41, 5.74) is 3.55. The number of benzene rings is 2. The number of anilines is 2. The number of nitrogens with one attached hydrogen (secondary N) is 1. The highest BCUT2D eigenvalue weighted by molar-refractivity contribution is 7.92. The maximum Gasteiger partial charge on any atom is 0.146 e. The molecule has 0 saturated heterocycles. The van der Waals surface area contributed by atoms with Gasteiger partial charge in [0, 0.05) is 51.7 Å². The third-order valence-corrected chi connectivity index (χ3v) is 5.55. The number of pyridine rings is 1. The molecule has 4 rings (SSSR count). The molecule has 2 aromatic heterocycles. The Balaban J connectivity index is 1.72. The van der Waals surface area contributed by atoms with Gasteiger partial charge in [0.25, 0.3) is 0 Å². The first-order chi connectivity index (χ1) is 15.7. The van der Waals surface area contributed by atoms with Gasteiger partial charge in [-0.05, 0) is 49.7 Å². The maximum atomic E-state index is 14.1. The number of rotatable bonds is 6. The zero-order valence-electron chi connectivity index (χ0n) is 18.7. The summed E-state index contributed by atoms with van der Waals surface area (Å²) in [6.45, 7) is 3.79. The van der Waals surface area contributed by atoms with Crippen LogP contribution in [-0.4, -0.2) is 31.7 Å². The fraction of sp³-hybridized carbons (Fsp3) is 0.208. The Morgan fingerprint density at radius 1 is 1.15 bits per heavy atom. The van der Waals surface area contributed by atoms with Gasteiger partial charge in [0.2, 0.25) is 0 Å². The molecule has 0 bridgehead atoms. The molecule has 0 aliphatic carbocycles. The number of halogens is 1. The summed E-state index contributed by atoms with van der Waals surface area (Å²) < 4.78 is 36.5. The second-order valence-corrected chi connectivity index (χ2v) is 10.5. The topological polar surface area (TPSA) is 89.4 Å². The van der Waals surface area contributed by atoms with Crippen LogP contribution < -0.4 is 10.1 Å². The van der Waals surface area contributed by atoms with Gasteiger partial charge in [0.1, 0.15) is 29.8 Å². The zero-order valence-corrected chi connectivity index (χ0v) is 19.6. The summed E-state index contributed by atoms with van der Waals surface area (Å²) in [5.74, 6) is 0.481. The van der Waals surface area contributed by atoms with Gasteiger partial charge in [-0.3, -0.25) is 4.98 Å². The Morgan fingerprint density at radius 2 is 1.97 bits per heavy atom. The quantitative estimate of drug-likeness (QED) is 0.392. The van der Waals surface area contributed by atoms with Crippen molar-refractivity contribution in [1.82, 2.24) is 15.0 Å². The van der Waals surface area contributed by atoms with E-state index in [0.717, 1.165) is 16.5 Å². The summed E-state index contributed by atoms with van der Waals surface area (Å²) in [5, 5.41) is 4.05. The van der Waals surface area contributed by atoms with E-state index in [1.807, 2.05) is 32.0 Å². The Morgan fingerprint density at radius 3 is 2.70 bits per heavy atom. The summed E-state index contributed by atoms with van der Waals surface area (Å²) >= 11 is 0. The standard InChI is InChI=1S/C24H24FN5O2S/c1-15-10-19(30-33(3,4)31)12-21-23(15)24(28-14-27-21)29-20-8-7-18(25)11-22(20)32-16(2)17-6-5-9-26-13-17/h5-14,16H,1-4H3,(H,27,28,29). The van der Waals surface area contributed by atoms with Crippen LogP contribution in [0, 0.1) is 12.7 Å².